The number of amides is 4. The van der Waals surface area contributed by atoms with E-state index in [2.05, 4.69) is 10.7 Å². The summed E-state index contributed by atoms with van der Waals surface area (Å²) >= 11 is 0. The highest BCUT2D eigenvalue weighted by Gasteiger charge is 2.54. The number of carbonyl (C=O) groups excluding carboxylic acids is 3. The van der Waals surface area contributed by atoms with Gasteiger partial charge < -0.3 is 10.2 Å². The Morgan fingerprint density at radius 2 is 1.82 bits per heavy atom. The van der Waals surface area contributed by atoms with Crippen LogP contribution in [0.2, 0.25) is 0 Å². The van der Waals surface area contributed by atoms with Crippen molar-refractivity contribution in [3.05, 3.63) is 35.6 Å². The molecule has 4 fully saturated rings. The van der Waals surface area contributed by atoms with Crippen LogP contribution in [0.5, 0.6) is 0 Å². The molecule has 0 aromatic heterocycles. The molecule has 0 spiro atoms. The maximum absolute atomic E-state index is 13.7. The molecular formula is C25H34FN5O3. The number of hydrogen-bond donors (Lipinski definition) is 2. The van der Waals surface area contributed by atoms with Crippen molar-refractivity contribution in [2.45, 2.75) is 89.1 Å². The van der Waals surface area contributed by atoms with E-state index in [9.17, 15) is 18.8 Å². The van der Waals surface area contributed by atoms with Crippen molar-refractivity contribution in [1.29, 1.82) is 0 Å². The van der Waals surface area contributed by atoms with Gasteiger partial charge in [-0.05, 0) is 43.4 Å². The highest BCUT2D eigenvalue weighted by Crippen LogP contribution is 2.38. The fraction of sp³-hybridized carbons (Fsp3) is 0.640. The van der Waals surface area contributed by atoms with Gasteiger partial charge in [0.25, 0.3) is 0 Å². The third-order valence-corrected chi connectivity index (χ3v) is 7.75. The Labute approximate surface area is 199 Å². The first-order valence-electron chi connectivity index (χ1n) is 12.7. The van der Waals surface area contributed by atoms with E-state index in [1.54, 1.807) is 21.9 Å². The number of urea groups is 1. The molecule has 34 heavy (non-hydrogen) atoms. The summed E-state index contributed by atoms with van der Waals surface area (Å²) in [5.74, 6) is -0.608. The largest absolute Gasteiger partial charge is 0.353 e. The first kappa shape index (κ1) is 23.1. The number of fused-ring (bicyclic) bond motifs is 3. The lowest BCUT2D eigenvalue weighted by atomic mass is 9.81. The zero-order chi connectivity index (χ0) is 23.7. The maximum Gasteiger partial charge on any atom is 0.337 e. The fourth-order valence-corrected chi connectivity index (χ4v) is 6.04. The Morgan fingerprint density at radius 3 is 2.62 bits per heavy atom. The molecule has 9 heteroatoms. The number of rotatable bonds is 6. The molecule has 4 amide bonds. The predicted molar refractivity (Wildman–Crippen MR) is 123 cm³/mol. The molecule has 5 rings (SSSR count). The molecule has 8 nitrogen and oxygen atoms in total. The summed E-state index contributed by atoms with van der Waals surface area (Å²) in [6.45, 7) is 0.459. The van der Waals surface area contributed by atoms with Gasteiger partial charge in [0.15, 0.2) is 6.29 Å². The van der Waals surface area contributed by atoms with E-state index in [0.29, 0.717) is 5.56 Å². The molecule has 3 unspecified atom stereocenters. The van der Waals surface area contributed by atoms with E-state index < -0.39 is 6.29 Å². The summed E-state index contributed by atoms with van der Waals surface area (Å²) in [4.78, 5) is 43.0. The van der Waals surface area contributed by atoms with E-state index in [1.165, 1.54) is 23.6 Å². The molecule has 4 aliphatic rings. The van der Waals surface area contributed by atoms with Crippen LogP contribution in [0.1, 0.15) is 69.8 Å². The molecule has 2 aliphatic heterocycles. The third-order valence-electron chi connectivity index (χ3n) is 7.75. The molecule has 2 saturated heterocycles. The molecule has 2 saturated carbocycles. The van der Waals surface area contributed by atoms with E-state index in [-0.39, 0.29) is 61.2 Å². The maximum atomic E-state index is 13.7. The van der Waals surface area contributed by atoms with Gasteiger partial charge in [0.1, 0.15) is 5.82 Å². The van der Waals surface area contributed by atoms with Crippen LogP contribution in [0.3, 0.4) is 0 Å². The van der Waals surface area contributed by atoms with Crippen LogP contribution in [0.15, 0.2) is 24.3 Å². The van der Waals surface area contributed by atoms with Gasteiger partial charge in [0.2, 0.25) is 11.8 Å². The van der Waals surface area contributed by atoms with Crippen molar-refractivity contribution >= 4 is 17.8 Å². The van der Waals surface area contributed by atoms with Gasteiger partial charge in [-0.1, -0.05) is 44.2 Å². The lowest BCUT2D eigenvalue weighted by Crippen LogP contribution is -2.66. The lowest BCUT2D eigenvalue weighted by molar-refractivity contribution is -0.156. The summed E-state index contributed by atoms with van der Waals surface area (Å²) in [6.07, 6.45) is 8.64. The second-order valence-corrected chi connectivity index (χ2v) is 10.1. The summed E-state index contributed by atoms with van der Waals surface area (Å²) in [6, 6.07) is 6.07. The van der Waals surface area contributed by atoms with Crippen LogP contribution < -0.4 is 10.7 Å². The normalized spacial score (nSPS) is 27.6. The molecule has 0 bridgehead atoms. The van der Waals surface area contributed by atoms with Gasteiger partial charge in [-0.25, -0.2) is 9.18 Å². The summed E-state index contributed by atoms with van der Waals surface area (Å²) in [7, 11) is 0. The molecule has 184 valence electrons. The number of halogens is 1. The molecule has 3 atom stereocenters. The topological polar surface area (TPSA) is 85.0 Å². The van der Waals surface area contributed by atoms with E-state index in [4.69, 9.17) is 0 Å². The minimum Gasteiger partial charge on any atom is -0.353 e. The first-order chi connectivity index (χ1) is 16.5. The smallest absolute Gasteiger partial charge is 0.337 e. The number of hydrazine groups is 1. The molecule has 2 aliphatic carbocycles. The molecule has 2 N–H and O–H groups in total. The predicted octanol–water partition coefficient (Wildman–Crippen LogP) is 3.09. The number of carbonyl (C=O) groups is 3. The Balaban J connectivity index is 1.30. The minimum absolute atomic E-state index is 0.0179. The van der Waals surface area contributed by atoms with Crippen molar-refractivity contribution in [1.82, 2.24) is 25.6 Å². The Bertz CT molecular complexity index is 937. The van der Waals surface area contributed by atoms with Crippen molar-refractivity contribution in [3.8, 4) is 0 Å². The van der Waals surface area contributed by atoms with Crippen LogP contribution in [0.25, 0.3) is 0 Å². The van der Waals surface area contributed by atoms with Crippen LogP contribution in [0, 0.1) is 11.7 Å². The van der Waals surface area contributed by atoms with Gasteiger partial charge >= 0.3 is 6.03 Å². The summed E-state index contributed by atoms with van der Waals surface area (Å²) in [5.41, 5.74) is 3.86. The average Bonchev–Trinajstić information content (AvgIpc) is 3.15. The zero-order valence-corrected chi connectivity index (χ0v) is 19.5. The number of nitrogens with one attached hydrogen (secondary N) is 2. The van der Waals surface area contributed by atoms with Gasteiger partial charge in [-0.2, -0.15) is 5.43 Å². The molecular weight excluding hydrogens is 437 g/mol. The fourth-order valence-electron chi connectivity index (χ4n) is 6.04. The van der Waals surface area contributed by atoms with E-state index >= 15 is 0 Å². The molecule has 1 aromatic carbocycles. The Kier molecular flexibility index (Phi) is 6.72. The molecule has 2 heterocycles. The van der Waals surface area contributed by atoms with Crippen molar-refractivity contribution in [2.24, 2.45) is 5.92 Å². The number of hydrogen-bond acceptors (Lipinski definition) is 4. The third kappa shape index (κ3) is 4.62. The standard InChI is InChI=1S/C25H34FN5O3/c26-18-8-6-7-17(15-18)16-30-25(34)31-21-12-5-4-11-20(21)23(33)29(24(31)28-30)14-13-22(32)27-19-9-2-1-3-10-19/h6-8,15,19-21,24,28H,1-5,9-14,16H2,(H,27,32). The zero-order valence-electron chi connectivity index (χ0n) is 19.5. The van der Waals surface area contributed by atoms with Crippen molar-refractivity contribution < 1.29 is 18.8 Å². The SMILES string of the molecule is O=C(CCN1C(=O)C2CCCCC2N2C(=O)N(Cc3cccc(F)c3)NC12)NC1CCCCC1. The van der Waals surface area contributed by atoms with Gasteiger partial charge in [-0.15, -0.1) is 0 Å². The Morgan fingerprint density at radius 1 is 1.06 bits per heavy atom. The van der Waals surface area contributed by atoms with Crippen LogP contribution in [-0.4, -0.2) is 57.6 Å². The molecule has 1 aromatic rings. The Hall–Kier alpha value is -2.68. The highest BCUT2D eigenvalue weighted by atomic mass is 19.1. The number of benzene rings is 1. The minimum atomic E-state index is -0.615. The van der Waals surface area contributed by atoms with E-state index in [1.807, 2.05) is 0 Å². The van der Waals surface area contributed by atoms with Gasteiger partial charge in [0, 0.05) is 25.0 Å². The van der Waals surface area contributed by atoms with Crippen molar-refractivity contribution in [3.63, 3.8) is 0 Å². The van der Waals surface area contributed by atoms with Crippen molar-refractivity contribution in [2.75, 3.05) is 6.54 Å². The lowest BCUT2D eigenvalue weighted by Gasteiger charge is -2.48. The first-order valence-corrected chi connectivity index (χ1v) is 12.7. The number of nitrogens with zero attached hydrogens (tertiary/aromatic N) is 3. The van der Waals surface area contributed by atoms with Crippen LogP contribution >= 0.6 is 0 Å². The quantitative estimate of drug-likeness (QED) is 0.668. The van der Waals surface area contributed by atoms with Crippen LogP contribution in [0.4, 0.5) is 9.18 Å². The second-order valence-electron chi connectivity index (χ2n) is 10.1. The van der Waals surface area contributed by atoms with Gasteiger partial charge in [-0.3, -0.25) is 19.5 Å². The monoisotopic (exact) mass is 471 g/mol. The highest BCUT2D eigenvalue weighted by molar-refractivity contribution is 5.86. The second kappa shape index (κ2) is 9.90. The van der Waals surface area contributed by atoms with Crippen LogP contribution in [-0.2, 0) is 16.1 Å². The average molecular weight is 472 g/mol. The molecule has 0 radical (unpaired) electrons. The summed E-state index contributed by atoms with van der Waals surface area (Å²) < 4.78 is 13.7. The van der Waals surface area contributed by atoms with E-state index in [0.717, 1.165) is 51.4 Å². The summed E-state index contributed by atoms with van der Waals surface area (Å²) in [5, 5.41) is 4.59. The van der Waals surface area contributed by atoms with Gasteiger partial charge in [0.05, 0.1) is 12.5 Å².